The lowest BCUT2D eigenvalue weighted by Crippen LogP contribution is -2.39. The van der Waals surface area contributed by atoms with E-state index in [0.717, 1.165) is 0 Å². The monoisotopic (exact) mass is 440 g/mol. The van der Waals surface area contributed by atoms with Gasteiger partial charge in [0.05, 0.1) is 12.8 Å². The highest BCUT2D eigenvalue weighted by Crippen LogP contribution is 2.25. The van der Waals surface area contributed by atoms with E-state index in [4.69, 9.17) is 11.6 Å². The van der Waals surface area contributed by atoms with Crippen LogP contribution in [0.25, 0.3) is 0 Å². The van der Waals surface area contributed by atoms with Crippen LogP contribution < -0.4 is 15.4 Å². The fraction of sp³-hybridized carbons (Fsp3) is 0.588. The van der Waals surface area contributed by atoms with E-state index in [9.17, 15) is 17.2 Å². The third kappa shape index (κ3) is 9.03. The lowest BCUT2D eigenvalue weighted by molar-refractivity contribution is -0.0504. The molecule has 0 fully saturated rings. The van der Waals surface area contributed by atoms with Gasteiger partial charge in [0.25, 0.3) is 0 Å². The maximum atomic E-state index is 12.5. The minimum atomic E-state index is -3.22. The first-order chi connectivity index (χ1) is 13.2. The third-order valence-corrected chi connectivity index (χ3v) is 5.30. The number of nitrogens with zero attached hydrogens (tertiary/aromatic N) is 2. The summed E-state index contributed by atoms with van der Waals surface area (Å²) < 4.78 is 54.1. The van der Waals surface area contributed by atoms with Crippen LogP contribution in [-0.2, 0) is 16.6 Å². The Morgan fingerprint density at radius 3 is 2.61 bits per heavy atom. The molecule has 0 bridgehead atoms. The van der Waals surface area contributed by atoms with Crippen LogP contribution in [0.4, 0.5) is 8.78 Å². The molecule has 2 N–H and O–H groups in total. The molecule has 0 saturated heterocycles. The highest BCUT2D eigenvalue weighted by atomic mass is 35.5. The van der Waals surface area contributed by atoms with Crippen molar-refractivity contribution in [3.05, 3.63) is 28.8 Å². The Morgan fingerprint density at radius 2 is 2.04 bits per heavy atom. The van der Waals surface area contributed by atoms with Crippen LogP contribution in [0.5, 0.6) is 5.75 Å². The standard InChI is InChI=1S/C17H27ClF2N4O3S/c1-4-21-17(22-9-6-10-24(5-2)28(3,25)26)23-12-13-11-14(18)7-8-15(13)27-16(19)20/h7-8,11,16H,4-6,9-10,12H2,1-3H3,(H2,21,22,23). The fourth-order valence-corrected chi connectivity index (χ4v) is 3.53. The number of ether oxygens (including phenoxy) is 1. The maximum Gasteiger partial charge on any atom is 0.387 e. The Balaban J connectivity index is 2.71. The van der Waals surface area contributed by atoms with Crippen molar-refractivity contribution in [1.29, 1.82) is 0 Å². The molecule has 0 unspecified atom stereocenters. The van der Waals surface area contributed by atoms with Crippen molar-refractivity contribution in [2.24, 2.45) is 4.99 Å². The second-order valence-corrected chi connectivity index (χ2v) is 8.28. The summed E-state index contributed by atoms with van der Waals surface area (Å²) in [5.74, 6) is 0.499. The molecule has 0 aliphatic heterocycles. The van der Waals surface area contributed by atoms with Gasteiger partial charge in [-0.05, 0) is 31.5 Å². The molecule has 0 radical (unpaired) electrons. The quantitative estimate of drug-likeness (QED) is 0.314. The van der Waals surface area contributed by atoms with Crippen molar-refractivity contribution < 1.29 is 21.9 Å². The predicted molar refractivity (Wildman–Crippen MR) is 108 cm³/mol. The van der Waals surface area contributed by atoms with Crippen LogP contribution in [0.3, 0.4) is 0 Å². The smallest absolute Gasteiger partial charge is 0.387 e. The number of benzene rings is 1. The van der Waals surface area contributed by atoms with Crippen LogP contribution in [0.1, 0.15) is 25.8 Å². The number of hydrogen-bond acceptors (Lipinski definition) is 4. The van der Waals surface area contributed by atoms with Gasteiger partial charge >= 0.3 is 6.61 Å². The molecule has 0 aliphatic rings. The van der Waals surface area contributed by atoms with Gasteiger partial charge in [0.15, 0.2) is 5.96 Å². The van der Waals surface area contributed by atoms with Crippen molar-refractivity contribution in [1.82, 2.24) is 14.9 Å². The molecule has 11 heteroatoms. The van der Waals surface area contributed by atoms with E-state index in [1.54, 1.807) is 6.92 Å². The van der Waals surface area contributed by atoms with Crippen molar-refractivity contribution in [2.75, 3.05) is 32.4 Å². The zero-order valence-electron chi connectivity index (χ0n) is 16.2. The number of aliphatic imine (C=N–C) groups is 1. The predicted octanol–water partition coefficient (Wildman–Crippen LogP) is 2.67. The molecule has 1 aromatic rings. The Bertz CT molecular complexity index is 748. The average molecular weight is 441 g/mol. The number of nitrogens with one attached hydrogen (secondary N) is 2. The Hall–Kier alpha value is -1.65. The average Bonchev–Trinajstić information content (AvgIpc) is 2.60. The Kier molecular flexibility index (Phi) is 10.5. The van der Waals surface area contributed by atoms with Gasteiger partial charge in [0.2, 0.25) is 10.0 Å². The van der Waals surface area contributed by atoms with E-state index in [0.29, 0.717) is 49.1 Å². The van der Waals surface area contributed by atoms with Crippen molar-refractivity contribution >= 4 is 27.6 Å². The van der Waals surface area contributed by atoms with Crippen LogP contribution in [-0.4, -0.2) is 57.7 Å². The molecule has 0 heterocycles. The largest absolute Gasteiger partial charge is 0.434 e. The topological polar surface area (TPSA) is 83.0 Å². The van der Waals surface area contributed by atoms with Crippen molar-refractivity contribution in [2.45, 2.75) is 33.4 Å². The Morgan fingerprint density at radius 1 is 1.32 bits per heavy atom. The number of guanidine groups is 1. The molecular formula is C17H27ClF2N4O3S. The number of hydrogen-bond donors (Lipinski definition) is 2. The van der Waals surface area contributed by atoms with Crippen LogP contribution in [0.15, 0.2) is 23.2 Å². The lowest BCUT2D eigenvalue weighted by atomic mass is 10.2. The maximum absolute atomic E-state index is 12.5. The van der Waals surface area contributed by atoms with E-state index in [1.807, 2.05) is 6.92 Å². The molecule has 0 saturated carbocycles. The van der Waals surface area contributed by atoms with E-state index in [-0.39, 0.29) is 12.3 Å². The zero-order valence-corrected chi connectivity index (χ0v) is 17.8. The molecule has 0 atom stereocenters. The number of halogens is 3. The first kappa shape index (κ1) is 24.4. The van der Waals surface area contributed by atoms with Gasteiger partial charge in [-0.3, -0.25) is 0 Å². The fourth-order valence-electron chi connectivity index (χ4n) is 2.41. The molecule has 7 nitrogen and oxygen atoms in total. The van der Waals surface area contributed by atoms with Crippen molar-refractivity contribution in [3.8, 4) is 5.75 Å². The Labute approximate surface area is 170 Å². The van der Waals surface area contributed by atoms with Crippen LogP contribution in [0.2, 0.25) is 5.02 Å². The summed E-state index contributed by atoms with van der Waals surface area (Å²) >= 11 is 5.94. The first-order valence-corrected chi connectivity index (χ1v) is 11.1. The lowest BCUT2D eigenvalue weighted by Gasteiger charge is -2.18. The molecule has 0 aromatic heterocycles. The minimum Gasteiger partial charge on any atom is -0.434 e. The van der Waals surface area contributed by atoms with Gasteiger partial charge in [-0.1, -0.05) is 18.5 Å². The highest BCUT2D eigenvalue weighted by molar-refractivity contribution is 7.88. The summed E-state index contributed by atoms with van der Waals surface area (Å²) in [5, 5.41) is 6.53. The van der Waals surface area contributed by atoms with Gasteiger partial charge in [-0.2, -0.15) is 8.78 Å². The summed E-state index contributed by atoms with van der Waals surface area (Å²) in [7, 11) is -3.22. The summed E-state index contributed by atoms with van der Waals surface area (Å²) in [5.41, 5.74) is 0.430. The van der Waals surface area contributed by atoms with E-state index in [1.165, 1.54) is 28.8 Å². The molecule has 0 aliphatic carbocycles. The summed E-state index contributed by atoms with van der Waals surface area (Å²) in [6.07, 6.45) is 1.77. The first-order valence-electron chi connectivity index (χ1n) is 8.87. The normalized spacial score (nSPS) is 12.5. The van der Waals surface area contributed by atoms with Gasteiger partial charge in [0.1, 0.15) is 5.75 Å². The van der Waals surface area contributed by atoms with E-state index >= 15 is 0 Å². The van der Waals surface area contributed by atoms with E-state index in [2.05, 4.69) is 20.4 Å². The zero-order chi connectivity index (χ0) is 21.2. The van der Waals surface area contributed by atoms with Crippen LogP contribution >= 0.6 is 11.6 Å². The third-order valence-electron chi connectivity index (χ3n) is 3.69. The molecule has 28 heavy (non-hydrogen) atoms. The highest BCUT2D eigenvalue weighted by Gasteiger charge is 2.13. The molecular weight excluding hydrogens is 414 g/mol. The number of rotatable bonds is 11. The van der Waals surface area contributed by atoms with Gasteiger partial charge in [0, 0.05) is 36.8 Å². The van der Waals surface area contributed by atoms with Gasteiger partial charge in [-0.25, -0.2) is 17.7 Å². The molecule has 160 valence electrons. The van der Waals surface area contributed by atoms with E-state index < -0.39 is 16.6 Å². The second-order valence-electron chi connectivity index (χ2n) is 5.86. The molecule has 0 amide bonds. The molecule has 1 aromatic carbocycles. The SMILES string of the molecule is CCNC(=NCc1cc(Cl)ccc1OC(F)F)NCCCN(CC)S(C)(=O)=O. The van der Waals surface area contributed by atoms with Gasteiger partial charge in [-0.15, -0.1) is 0 Å². The molecule has 1 rings (SSSR count). The summed E-state index contributed by atoms with van der Waals surface area (Å²) in [4.78, 5) is 4.36. The summed E-state index contributed by atoms with van der Waals surface area (Å²) in [6, 6.07) is 4.37. The van der Waals surface area contributed by atoms with Gasteiger partial charge < -0.3 is 15.4 Å². The molecule has 0 spiro atoms. The minimum absolute atomic E-state index is 0.0192. The van der Waals surface area contributed by atoms with Crippen LogP contribution in [0, 0.1) is 0 Å². The second kappa shape index (κ2) is 12.0. The number of sulfonamides is 1. The summed E-state index contributed by atoms with van der Waals surface area (Å²) in [6.45, 7) is 2.72. The number of alkyl halides is 2. The van der Waals surface area contributed by atoms with Crippen molar-refractivity contribution in [3.63, 3.8) is 0 Å².